The molecule has 5 rings (SSSR count). The molecule has 2 N–H and O–H groups in total. The summed E-state index contributed by atoms with van der Waals surface area (Å²) in [7, 11) is 4.38. The van der Waals surface area contributed by atoms with Crippen LogP contribution in [0.15, 0.2) is 64.5 Å². The Bertz CT molecular complexity index is 1110. The third-order valence-electron chi connectivity index (χ3n) is 7.79. The van der Waals surface area contributed by atoms with Crippen LogP contribution in [0.3, 0.4) is 0 Å². The minimum atomic E-state index is 0.663. The number of likely N-dealkylation sites (N-methyl/N-ethyl adjacent to an activating group) is 2. The molecule has 2 aromatic rings. The fraction of sp³-hybridized carbons (Fsp3) is 0.533. The maximum atomic E-state index is 4.97. The summed E-state index contributed by atoms with van der Waals surface area (Å²) in [4.78, 5) is 19.7. The number of allylic oxidation sites excluding steroid dienone is 3. The van der Waals surface area contributed by atoms with Crippen molar-refractivity contribution < 1.29 is 0 Å². The highest BCUT2D eigenvalue weighted by molar-refractivity contribution is 5.77. The van der Waals surface area contributed by atoms with Gasteiger partial charge >= 0.3 is 0 Å². The van der Waals surface area contributed by atoms with Gasteiger partial charge in [-0.05, 0) is 33.0 Å². The summed E-state index contributed by atoms with van der Waals surface area (Å²) in [6, 6.07) is 10.2. The van der Waals surface area contributed by atoms with E-state index in [1.165, 1.54) is 0 Å². The van der Waals surface area contributed by atoms with Crippen LogP contribution in [0.5, 0.6) is 0 Å². The van der Waals surface area contributed by atoms with Gasteiger partial charge in [0, 0.05) is 84.1 Å². The van der Waals surface area contributed by atoms with Gasteiger partial charge < -0.3 is 20.4 Å². The van der Waals surface area contributed by atoms with Crippen LogP contribution in [0.1, 0.15) is 12.8 Å². The number of nitrogens with one attached hydrogen (secondary N) is 2. The van der Waals surface area contributed by atoms with Crippen molar-refractivity contribution in [1.82, 2.24) is 29.6 Å². The van der Waals surface area contributed by atoms with Crippen LogP contribution in [0.4, 0.5) is 17.3 Å². The first-order valence-corrected chi connectivity index (χ1v) is 14.7. The van der Waals surface area contributed by atoms with Crippen LogP contribution in [0, 0.1) is 0 Å². The molecule has 1 aromatic carbocycles. The van der Waals surface area contributed by atoms with Crippen molar-refractivity contribution in [3.8, 4) is 11.4 Å². The van der Waals surface area contributed by atoms with E-state index in [4.69, 9.17) is 15.1 Å². The van der Waals surface area contributed by atoms with Gasteiger partial charge in [-0.25, -0.2) is 9.97 Å². The summed E-state index contributed by atoms with van der Waals surface area (Å²) in [5, 5.41) is 16.5. The fourth-order valence-electron chi connectivity index (χ4n) is 5.10. The predicted octanol–water partition coefficient (Wildman–Crippen LogP) is 3.78. The van der Waals surface area contributed by atoms with Gasteiger partial charge in [-0.3, -0.25) is 9.80 Å². The first-order valence-electron chi connectivity index (χ1n) is 14.7. The molecule has 3 aliphatic rings. The molecule has 2 aliphatic heterocycles. The number of rotatable bonds is 11. The van der Waals surface area contributed by atoms with Gasteiger partial charge in [-0.15, -0.1) is 5.11 Å². The second-order valence-electron chi connectivity index (χ2n) is 10.9. The lowest BCUT2D eigenvalue weighted by molar-refractivity contribution is 0.158. The summed E-state index contributed by atoms with van der Waals surface area (Å²) in [5.74, 6) is 2.11. The average molecular weight is 545 g/mol. The zero-order chi connectivity index (χ0) is 27.6. The molecular formula is C30H44N10. The van der Waals surface area contributed by atoms with Gasteiger partial charge in [0.05, 0.1) is 5.70 Å². The lowest BCUT2D eigenvalue weighted by Gasteiger charge is -2.32. The number of piperazine rings is 2. The highest BCUT2D eigenvalue weighted by Crippen LogP contribution is 2.34. The smallest absolute Gasteiger partial charge is 0.170 e. The molecule has 10 nitrogen and oxygen atoms in total. The third kappa shape index (κ3) is 8.17. The number of azo groups is 1. The van der Waals surface area contributed by atoms with E-state index in [9.17, 15) is 0 Å². The Morgan fingerprint density at radius 1 is 0.725 bits per heavy atom. The Morgan fingerprint density at radius 3 is 1.82 bits per heavy atom. The van der Waals surface area contributed by atoms with Gasteiger partial charge in [0.25, 0.3) is 0 Å². The molecule has 10 heteroatoms. The zero-order valence-corrected chi connectivity index (χ0v) is 24.1. The molecule has 0 amide bonds. The molecule has 0 radical (unpaired) electrons. The number of benzene rings is 1. The summed E-state index contributed by atoms with van der Waals surface area (Å²) >= 11 is 0. The molecule has 1 aromatic heterocycles. The standard InChI is InChI=1S/C30H44N10/c1-37-17-21-39(22-18-37)15-13-31-29-27(36-35-26-11-7-4-8-12-26)30(32-14-16-40-23-19-38(2)20-24-40)34-28(33-29)25-9-5-3-6-10-25/h3,5-7,9-12H,4,8,13-24H2,1-2H3,(H2,31,32,33,34). The minimum Gasteiger partial charge on any atom is -0.367 e. The van der Waals surface area contributed by atoms with E-state index < -0.39 is 0 Å². The average Bonchev–Trinajstić information content (AvgIpc) is 2.99. The van der Waals surface area contributed by atoms with Crippen LogP contribution in [0.2, 0.25) is 0 Å². The van der Waals surface area contributed by atoms with E-state index >= 15 is 0 Å². The Labute approximate surface area is 238 Å². The topological polar surface area (TPSA) is 87.5 Å². The van der Waals surface area contributed by atoms with Gasteiger partial charge in [-0.1, -0.05) is 42.5 Å². The lowest BCUT2D eigenvalue weighted by Crippen LogP contribution is -2.45. The van der Waals surface area contributed by atoms with Crippen molar-refractivity contribution in [2.24, 2.45) is 10.2 Å². The maximum Gasteiger partial charge on any atom is 0.170 e. The number of hydrogen-bond acceptors (Lipinski definition) is 10. The van der Waals surface area contributed by atoms with Crippen LogP contribution in [-0.4, -0.2) is 122 Å². The molecule has 0 bridgehead atoms. The molecular weight excluding hydrogens is 500 g/mol. The Balaban J connectivity index is 1.38. The highest BCUT2D eigenvalue weighted by atomic mass is 15.3. The summed E-state index contributed by atoms with van der Waals surface area (Å²) < 4.78 is 0. The summed E-state index contributed by atoms with van der Waals surface area (Å²) in [5.41, 5.74) is 2.52. The Morgan fingerprint density at radius 2 is 1.30 bits per heavy atom. The Kier molecular flexibility index (Phi) is 10.2. The first-order chi connectivity index (χ1) is 19.6. The van der Waals surface area contributed by atoms with E-state index in [1.807, 2.05) is 24.3 Å². The maximum absolute atomic E-state index is 4.97. The quantitative estimate of drug-likeness (QED) is 0.414. The normalized spacial score (nSPS) is 19.7. The van der Waals surface area contributed by atoms with Crippen LogP contribution >= 0.6 is 0 Å². The zero-order valence-electron chi connectivity index (χ0n) is 24.1. The molecule has 214 valence electrons. The lowest BCUT2D eigenvalue weighted by atomic mass is 10.2. The largest absolute Gasteiger partial charge is 0.367 e. The van der Waals surface area contributed by atoms with Crippen molar-refractivity contribution in [2.75, 3.05) is 103 Å². The molecule has 0 atom stereocenters. The molecule has 2 saturated heterocycles. The van der Waals surface area contributed by atoms with Gasteiger partial charge in [0.15, 0.2) is 23.1 Å². The SMILES string of the molecule is CN1CCN(CCNc2nc(-c3ccccc3)nc(NCCN3CCN(C)CC3)c2N=NC2=CCCC=C2)CC1. The first kappa shape index (κ1) is 28.4. The van der Waals surface area contributed by atoms with Crippen molar-refractivity contribution in [3.63, 3.8) is 0 Å². The predicted molar refractivity (Wildman–Crippen MR) is 163 cm³/mol. The van der Waals surface area contributed by atoms with Gasteiger partial charge in [-0.2, -0.15) is 5.11 Å². The molecule has 0 spiro atoms. The van der Waals surface area contributed by atoms with Gasteiger partial charge in [0.2, 0.25) is 0 Å². The minimum absolute atomic E-state index is 0.663. The van der Waals surface area contributed by atoms with Crippen molar-refractivity contribution in [3.05, 3.63) is 54.3 Å². The highest BCUT2D eigenvalue weighted by Gasteiger charge is 2.19. The van der Waals surface area contributed by atoms with E-state index in [0.717, 1.165) is 103 Å². The van der Waals surface area contributed by atoms with Crippen LogP contribution < -0.4 is 10.6 Å². The van der Waals surface area contributed by atoms with Crippen LogP contribution in [-0.2, 0) is 0 Å². The van der Waals surface area contributed by atoms with E-state index in [2.05, 4.69) is 73.7 Å². The molecule has 0 unspecified atom stereocenters. The number of hydrogen-bond donors (Lipinski definition) is 2. The number of aromatic nitrogens is 2. The third-order valence-corrected chi connectivity index (χ3v) is 7.79. The summed E-state index contributed by atoms with van der Waals surface area (Å²) in [6.07, 6.45) is 8.34. The van der Waals surface area contributed by atoms with Crippen molar-refractivity contribution in [1.29, 1.82) is 0 Å². The Hall–Kier alpha value is -3.18. The van der Waals surface area contributed by atoms with E-state index in [-0.39, 0.29) is 0 Å². The summed E-state index contributed by atoms with van der Waals surface area (Å²) in [6.45, 7) is 12.2. The fourth-order valence-corrected chi connectivity index (χ4v) is 5.10. The molecule has 40 heavy (non-hydrogen) atoms. The van der Waals surface area contributed by atoms with Crippen molar-refractivity contribution in [2.45, 2.75) is 12.8 Å². The van der Waals surface area contributed by atoms with E-state index in [1.54, 1.807) is 0 Å². The molecule has 3 heterocycles. The number of nitrogens with zero attached hydrogens (tertiary/aromatic N) is 8. The van der Waals surface area contributed by atoms with E-state index in [0.29, 0.717) is 23.1 Å². The number of anilines is 2. The van der Waals surface area contributed by atoms with Crippen LogP contribution in [0.25, 0.3) is 11.4 Å². The molecule has 1 aliphatic carbocycles. The second-order valence-corrected chi connectivity index (χ2v) is 10.9. The van der Waals surface area contributed by atoms with Gasteiger partial charge in [0.1, 0.15) is 0 Å². The van der Waals surface area contributed by atoms with Crippen molar-refractivity contribution >= 4 is 17.3 Å². The molecule has 2 fully saturated rings. The monoisotopic (exact) mass is 544 g/mol. The second kappa shape index (κ2) is 14.5. The molecule has 0 saturated carbocycles.